The zero-order chi connectivity index (χ0) is 23.3. The number of carbonyl (C=O) groups is 1. The summed E-state index contributed by atoms with van der Waals surface area (Å²) in [6.07, 6.45) is 6.77. The average Bonchev–Trinajstić information content (AvgIpc) is 3.02. The molecule has 2 aliphatic heterocycles. The number of nitrogens with zero attached hydrogens (tertiary/aromatic N) is 2. The van der Waals surface area contributed by atoms with E-state index in [2.05, 4.69) is 70.6 Å². The van der Waals surface area contributed by atoms with E-state index in [9.17, 15) is 4.79 Å². The van der Waals surface area contributed by atoms with Crippen molar-refractivity contribution >= 4 is 23.4 Å². The van der Waals surface area contributed by atoms with Crippen LogP contribution in [-0.2, 0) is 4.79 Å². The molecule has 1 saturated carbocycles. The highest BCUT2D eigenvalue weighted by Gasteiger charge is 2.37. The number of hydrogen-bond donors (Lipinski definition) is 1. The Balaban J connectivity index is 1.11. The van der Waals surface area contributed by atoms with Crippen LogP contribution in [0.1, 0.15) is 55.7 Å². The van der Waals surface area contributed by atoms with E-state index in [0.717, 1.165) is 45.1 Å². The Morgan fingerprint density at radius 3 is 2.59 bits per heavy atom. The lowest BCUT2D eigenvalue weighted by molar-refractivity contribution is -0.122. The molecule has 3 atom stereocenters. The van der Waals surface area contributed by atoms with E-state index in [4.69, 9.17) is 0 Å². The summed E-state index contributed by atoms with van der Waals surface area (Å²) >= 11 is 2.00. The molecule has 5 rings (SSSR count). The highest BCUT2D eigenvalue weighted by Crippen LogP contribution is 2.46. The molecule has 2 heterocycles. The quantitative estimate of drug-likeness (QED) is 0.582. The van der Waals surface area contributed by atoms with Crippen molar-refractivity contribution in [3.63, 3.8) is 0 Å². The molecule has 3 aliphatic rings. The van der Waals surface area contributed by atoms with Gasteiger partial charge in [0, 0.05) is 48.9 Å². The van der Waals surface area contributed by atoms with Crippen LogP contribution in [0.4, 0.5) is 5.69 Å². The standard InChI is InChI=1S/C29H39N3OS/c1-22-12-14-24(15-13-22)32-19-17-31(18-20-32)16-6-11-28(33)30-29-25-8-3-2-7-23(25)21-34-27-10-5-4-9-26(27)29/h4-5,9-10,12-15,23,25,29H,2-3,6-8,11,16-21H2,1H3,(H,30,33)/t23-,25+,29+/m0/s1. The first-order valence-electron chi connectivity index (χ1n) is 13.2. The highest BCUT2D eigenvalue weighted by molar-refractivity contribution is 7.99. The molecule has 0 bridgehead atoms. The van der Waals surface area contributed by atoms with Crippen molar-refractivity contribution in [2.75, 3.05) is 43.4 Å². The Morgan fingerprint density at radius 1 is 1.00 bits per heavy atom. The second kappa shape index (κ2) is 11.2. The van der Waals surface area contributed by atoms with Crippen LogP contribution in [0, 0.1) is 18.8 Å². The fraction of sp³-hybridized carbons (Fsp3) is 0.552. The molecule has 2 fully saturated rings. The first-order chi connectivity index (χ1) is 16.7. The summed E-state index contributed by atoms with van der Waals surface area (Å²) in [7, 11) is 0. The maximum absolute atomic E-state index is 13.1. The van der Waals surface area contributed by atoms with Gasteiger partial charge in [-0.25, -0.2) is 0 Å². The minimum absolute atomic E-state index is 0.182. The molecule has 1 aliphatic carbocycles. The summed E-state index contributed by atoms with van der Waals surface area (Å²) in [5, 5.41) is 3.51. The molecule has 1 N–H and O–H groups in total. The van der Waals surface area contributed by atoms with Gasteiger partial charge in [-0.1, -0.05) is 48.7 Å². The molecule has 182 valence electrons. The summed E-state index contributed by atoms with van der Waals surface area (Å²) in [5.41, 5.74) is 3.99. The minimum atomic E-state index is 0.182. The van der Waals surface area contributed by atoms with Crippen LogP contribution >= 0.6 is 11.8 Å². The van der Waals surface area contributed by atoms with E-state index < -0.39 is 0 Å². The number of piperazine rings is 1. The van der Waals surface area contributed by atoms with E-state index in [-0.39, 0.29) is 11.9 Å². The number of thioether (sulfide) groups is 1. The van der Waals surface area contributed by atoms with Gasteiger partial charge in [-0.3, -0.25) is 9.69 Å². The van der Waals surface area contributed by atoms with Gasteiger partial charge in [-0.15, -0.1) is 11.8 Å². The monoisotopic (exact) mass is 477 g/mol. The topological polar surface area (TPSA) is 35.6 Å². The third-order valence-electron chi connectivity index (χ3n) is 8.07. The van der Waals surface area contributed by atoms with E-state index in [1.165, 1.54) is 53.1 Å². The highest BCUT2D eigenvalue weighted by atomic mass is 32.2. The second-order valence-corrected chi connectivity index (χ2v) is 11.4. The Kier molecular flexibility index (Phi) is 7.80. The van der Waals surface area contributed by atoms with Crippen molar-refractivity contribution in [3.05, 3.63) is 59.7 Å². The molecule has 5 heteroatoms. The van der Waals surface area contributed by atoms with Gasteiger partial charge in [0.1, 0.15) is 0 Å². The summed E-state index contributed by atoms with van der Waals surface area (Å²) < 4.78 is 0. The van der Waals surface area contributed by atoms with Gasteiger partial charge in [-0.2, -0.15) is 0 Å². The fourth-order valence-corrected chi connectivity index (χ4v) is 7.40. The fourth-order valence-electron chi connectivity index (χ4n) is 6.06. The van der Waals surface area contributed by atoms with Gasteiger partial charge in [0.2, 0.25) is 5.91 Å². The summed E-state index contributed by atoms with van der Waals surface area (Å²) in [6.45, 7) is 7.43. The van der Waals surface area contributed by atoms with Gasteiger partial charge in [-0.05, 0) is 68.3 Å². The zero-order valence-corrected chi connectivity index (χ0v) is 21.4. The van der Waals surface area contributed by atoms with Gasteiger partial charge < -0.3 is 10.2 Å². The second-order valence-electron chi connectivity index (χ2n) is 10.4. The van der Waals surface area contributed by atoms with E-state index in [1.807, 2.05) is 11.8 Å². The molecule has 2 aromatic carbocycles. The van der Waals surface area contributed by atoms with Crippen LogP contribution in [0.3, 0.4) is 0 Å². The van der Waals surface area contributed by atoms with Crippen molar-refractivity contribution in [2.24, 2.45) is 11.8 Å². The lowest BCUT2D eigenvalue weighted by Gasteiger charge is -2.36. The zero-order valence-electron chi connectivity index (χ0n) is 20.5. The summed E-state index contributed by atoms with van der Waals surface area (Å²) in [5.74, 6) is 2.74. The maximum atomic E-state index is 13.1. The first-order valence-corrected chi connectivity index (χ1v) is 14.2. The van der Waals surface area contributed by atoms with Crippen LogP contribution in [-0.4, -0.2) is 49.3 Å². The Hall–Kier alpha value is -1.98. The number of nitrogens with one attached hydrogen (secondary N) is 1. The molecule has 1 saturated heterocycles. The van der Waals surface area contributed by atoms with Crippen LogP contribution in [0.5, 0.6) is 0 Å². The Bertz CT molecular complexity index is 954. The van der Waals surface area contributed by atoms with Gasteiger partial charge in [0.25, 0.3) is 0 Å². The molecule has 0 unspecified atom stereocenters. The third kappa shape index (κ3) is 5.63. The van der Waals surface area contributed by atoms with Crippen molar-refractivity contribution in [3.8, 4) is 0 Å². The van der Waals surface area contributed by atoms with Gasteiger partial charge in [0.15, 0.2) is 0 Å². The number of anilines is 1. The molecule has 0 aromatic heterocycles. The summed E-state index contributed by atoms with van der Waals surface area (Å²) in [6, 6.07) is 17.8. The predicted molar refractivity (Wildman–Crippen MR) is 143 cm³/mol. The van der Waals surface area contributed by atoms with E-state index in [0.29, 0.717) is 12.3 Å². The van der Waals surface area contributed by atoms with Crippen LogP contribution in [0.15, 0.2) is 53.4 Å². The van der Waals surface area contributed by atoms with Crippen molar-refractivity contribution in [1.82, 2.24) is 10.2 Å². The van der Waals surface area contributed by atoms with Crippen molar-refractivity contribution < 1.29 is 4.79 Å². The minimum Gasteiger partial charge on any atom is -0.369 e. The molecular formula is C29H39N3OS. The molecular weight excluding hydrogens is 438 g/mol. The molecule has 34 heavy (non-hydrogen) atoms. The number of benzene rings is 2. The smallest absolute Gasteiger partial charge is 0.220 e. The van der Waals surface area contributed by atoms with Crippen molar-refractivity contribution in [1.29, 1.82) is 0 Å². The largest absolute Gasteiger partial charge is 0.369 e. The Morgan fingerprint density at radius 2 is 1.76 bits per heavy atom. The molecule has 2 aromatic rings. The average molecular weight is 478 g/mol. The number of hydrogen-bond acceptors (Lipinski definition) is 4. The predicted octanol–water partition coefficient (Wildman–Crippen LogP) is 5.67. The van der Waals surface area contributed by atoms with E-state index in [1.54, 1.807) is 0 Å². The normalized spacial score (nSPS) is 25.2. The van der Waals surface area contributed by atoms with Crippen molar-refractivity contribution in [2.45, 2.75) is 56.4 Å². The SMILES string of the molecule is Cc1ccc(N2CCN(CCCC(=O)N[C@H]3c4ccccc4SC[C@@H]4CCCC[C@H]43)CC2)cc1. The lowest BCUT2D eigenvalue weighted by Crippen LogP contribution is -2.46. The van der Waals surface area contributed by atoms with Crippen LogP contribution in [0.2, 0.25) is 0 Å². The van der Waals surface area contributed by atoms with E-state index >= 15 is 0 Å². The van der Waals surface area contributed by atoms with Gasteiger partial charge in [0.05, 0.1) is 6.04 Å². The van der Waals surface area contributed by atoms with Crippen LogP contribution in [0.25, 0.3) is 0 Å². The maximum Gasteiger partial charge on any atom is 0.220 e. The number of aryl methyl sites for hydroxylation is 1. The molecule has 0 spiro atoms. The third-order valence-corrected chi connectivity index (χ3v) is 9.35. The number of amides is 1. The summed E-state index contributed by atoms with van der Waals surface area (Å²) in [4.78, 5) is 19.4. The molecule has 0 radical (unpaired) electrons. The lowest BCUT2D eigenvalue weighted by atomic mass is 9.74. The van der Waals surface area contributed by atoms with Gasteiger partial charge >= 0.3 is 0 Å². The Labute approximate surface area is 209 Å². The first kappa shape index (κ1) is 23.7. The molecule has 1 amide bonds. The number of fused-ring (bicyclic) bond motifs is 2. The van der Waals surface area contributed by atoms with Crippen LogP contribution < -0.4 is 10.2 Å². The number of carbonyl (C=O) groups excluding carboxylic acids is 1. The molecule has 4 nitrogen and oxygen atoms in total. The number of rotatable bonds is 6.